The quantitative estimate of drug-likeness (QED) is 0.0982. The van der Waals surface area contributed by atoms with Gasteiger partial charge in [0.2, 0.25) is 0 Å². The Morgan fingerprint density at radius 3 is 1.49 bits per heavy atom. The molecule has 0 spiro atoms. The number of benzene rings is 11. The van der Waals surface area contributed by atoms with Crippen LogP contribution in [0.5, 0.6) is 0 Å². The van der Waals surface area contributed by atoms with Crippen molar-refractivity contribution < 1.29 is 0 Å². The van der Waals surface area contributed by atoms with Gasteiger partial charge in [0, 0.05) is 33.5 Å². The zero-order valence-corrected chi connectivity index (χ0v) is 38.0. The fourth-order valence-electron chi connectivity index (χ4n) is 10.5. The summed E-state index contributed by atoms with van der Waals surface area (Å²) in [4.78, 5) is 2.44. The Kier molecular flexibility index (Phi) is 10.2. The molecule has 0 unspecified atom stereocenters. The summed E-state index contributed by atoms with van der Waals surface area (Å²) in [5, 5.41) is 10.3. The van der Waals surface area contributed by atoms with Crippen LogP contribution >= 0.6 is 0 Å². The van der Waals surface area contributed by atoms with Crippen molar-refractivity contribution in [1.82, 2.24) is 4.57 Å². The van der Waals surface area contributed by atoms with Crippen molar-refractivity contribution in [3.8, 4) is 27.9 Å². The molecule has 12 aromatic rings. The molecule has 0 bridgehead atoms. The third-order valence-electron chi connectivity index (χ3n) is 13.5. The fraction of sp³-hybridized carbons (Fsp3) is 0. The van der Waals surface area contributed by atoms with Gasteiger partial charge >= 0.3 is 0 Å². The highest BCUT2D eigenvalue weighted by Crippen LogP contribution is 2.41. The molecule has 1 aromatic heterocycles. The van der Waals surface area contributed by atoms with Crippen LogP contribution in [-0.2, 0) is 0 Å². The normalized spacial score (nSPS) is 11.6. The van der Waals surface area contributed by atoms with Crippen molar-refractivity contribution in [3.05, 3.63) is 279 Å². The van der Waals surface area contributed by atoms with Gasteiger partial charge in [0.15, 0.2) is 8.07 Å². The molecule has 67 heavy (non-hydrogen) atoms. The Morgan fingerprint density at radius 1 is 0.299 bits per heavy atom. The summed E-state index contributed by atoms with van der Waals surface area (Å²) in [5.74, 6) is 0. The summed E-state index contributed by atoms with van der Waals surface area (Å²) >= 11 is 0. The van der Waals surface area contributed by atoms with Gasteiger partial charge in [-0.2, -0.15) is 0 Å². The van der Waals surface area contributed by atoms with E-state index >= 15 is 0 Å². The van der Waals surface area contributed by atoms with Crippen LogP contribution in [0, 0.1) is 0 Å². The van der Waals surface area contributed by atoms with Gasteiger partial charge in [-0.25, -0.2) is 0 Å². The van der Waals surface area contributed by atoms with Crippen LogP contribution in [0.15, 0.2) is 279 Å². The van der Waals surface area contributed by atoms with Crippen LogP contribution in [0.1, 0.15) is 0 Å². The number of para-hydroxylation sites is 2. The molecule has 0 aliphatic rings. The summed E-state index contributed by atoms with van der Waals surface area (Å²) in [7, 11) is -2.82. The van der Waals surface area contributed by atoms with Crippen molar-refractivity contribution in [2.24, 2.45) is 0 Å². The van der Waals surface area contributed by atoms with Gasteiger partial charge in [0.05, 0.1) is 11.0 Å². The van der Waals surface area contributed by atoms with Gasteiger partial charge in [-0.3, -0.25) is 0 Å². The molecule has 0 saturated carbocycles. The Morgan fingerprint density at radius 2 is 0.806 bits per heavy atom. The zero-order chi connectivity index (χ0) is 44.6. The van der Waals surface area contributed by atoms with E-state index in [1.807, 2.05) is 0 Å². The van der Waals surface area contributed by atoms with Crippen LogP contribution in [0.2, 0.25) is 0 Å². The molecule has 0 amide bonds. The van der Waals surface area contributed by atoms with Crippen LogP contribution in [0.25, 0.3) is 60.5 Å². The lowest BCUT2D eigenvalue weighted by Crippen LogP contribution is -2.74. The molecular formula is C64H46N2Si. The lowest BCUT2D eigenvalue weighted by atomic mass is 9.98. The highest BCUT2D eigenvalue weighted by atomic mass is 28.3. The first-order chi connectivity index (χ1) is 33.2. The van der Waals surface area contributed by atoms with Crippen LogP contribution in [0.4, 0.5) is 17.1 Å². The third-order valence-corrected chi connectivity index (χ3v) is 18.3. The fourth-order valence-corrected chi connectivity index (χ4v) is 15.3. The van der Waals surface area contributed by atoms with Gasteiger partial charge in [0.1, 0.15) is 0 Å². The van der Waals surface area contributed by atoms with E-state index in [4.69, 9.17) is 0 Å². The van der Waals surface area contributed by atoms with Gasteiger partial charge in [-0.15, -0.1) is 0 Å². The molecule has 1 heterocycles. The highest BCUT2D eigenvalue weighted by molar-refractivity contribution is 7.19. The SMILES string of the molecule is c1ccc(-n2c3ccccc3c3c(-c4ccc(N(c5cccc(-c6ccc7ccccc7c6)c5)c5cccc([Si](c6ccccc6)(c6ccccc6)c6ccccc6)c5)cc4)cccc32)cc1. The first-order valence-electron chi connectivity index (χ1n) is 23.1. The van der Waals surface area contributed by atoms with E-state index in [0.717, 1.165) is 22.7 Å². The second-order valence-corrected chi connectivity index (χ2v) is 21.1. The lowest BCUT2D eigenvalue weighted by Gasteiger charge is -2.35. The van der Waals surface area contributed by atoms with Crippen molar-refractivity contribution in [2.75, 3.05) is 4.90 Å². The summed E-state index contributed by atoms with van der Waals surface area (Å²) in [6.07, 6.45) is 0. The maximum atomic E-state index is 2.47. The van der Waals surface area contributed by atoms with E-state index in [9.17, 15) is 0 Å². The maximum absolute atomic E-state index is 2.82. The van der Waals surface area contributed by atoms with Gasteiger partial charge in [0.25, 0.3) is 0 Å². The van der Waals surface area contributed by atoms with Crippen molar-refractivity contribution in [3.63, 3.8) is 0 Å². The summed E-state index contributed by atoms with van der Waals surface area (Å²) < 4.78 is 2.39. The Hall–Kier alpha value is -8.50. The molecule has 0 radical (unpaired) electrons. The number of hydrogen-bond acceptors (Lipinski definition) is 1. The third kappa shape index (κ3) is 7.05. The molecule has 0 aliphatic carbocycles. The minimum Gasteiger partial charge on any atom is -0.310 e. The second-order valence-electron chi connectivity index (χ2n) is 17.3. The largest absolute Gasteiger partial charge is 0.310 e. The summed E-state index contributed by atoms with van der Waals surface area (Å²) in [5.41, 5.74) is 11.6. The number of hydrogen-bond donors (Lipinski definition) is 0. The standard InChI is InChI=1S/C64H46N2Si/c1-5-23-52(24-6-1)66-62-36-16-15-34-61(62)64-60(35-19-37-63(64)66)48-40-42-53(43-41-48)65(54-25-17-22-50(45-54)51-39-38-47-20-13-14-21-49(47)44-51)55-26-18-33-59(46-55)67(56-27-7-2-8-28-56,57-29-9-3-10-30-57)58-31-11-4-12-32-58/h1-46H. The van der Waals surface area contributed by atoms with Crippen molar-refractivity contribution in [1.29, 1.82) is 0 Å². The maximum Gasteiger partial charge on any atom is 0.179 e. The van der Waals surface area contributed by atoms with Crippen LogP contribution in [0.3, 0.4) is 0 Å². The molecule has 3 heteroatoms. The minimum atomic E-state index is -2.82. The average Bonchev–Trinajstić information content (AvgIpc) is 3.75. The smallest absolute Gasteiger partial charge is 0.179 e. The molecule has 316 valence electrons. The van der Waals surface area contributed by atoms with Crippen molar-refractivity contribution in [2.45, 2.75) is 0 Å². The highest BCUT2D eigenvalue weighted by Gasteiger charge is 2.41. The Balaban J connectivity index is 1.05. The Bertz CT molecular complexity index is 3580. The number of rotatable bonds is 10. The monoisotopic (exact) mass is 870 g/mol. The van der Waals surface area contributed by atoms with E-state index in [0.29, 0.717) is 0 Å². The molecule has 11 aromatic carbocycles. The number of anilines is 3. The van der Waals surface area contributed by atoms with E-state index in [2.05, 4.69) is 289 Å². The molecule has 0 saturated heterocycles. The average molecular weight is 871 g/mol. The lowest BCUT2D eigenvalue weighted by molar-refractivity contribution is 1.18. The van der Waals surface area contributed by atoms with Crippen LogP contribution in [-0.4, -0.2) is 12.6 Å². The molecular weight excluding hydrogens is 825 g/mol. The number of aromatic nitrogens is 1. The predicted octanol–water partition coefficient (Wildman–Crippen LogP) is 14.1. The number of nitrogens with zero attached hydrogens (tertiary/aromatic N) is 2. The van der Waals surface area contributed by atoms with E-state index in [1.165, 1.54) is 75.6 Å². The van der Waals surface area contributed by atoms with Crippen LogP contribution < -0.4 is 25.6 Å². The predicted molar refractivity (Wildman–Crippen MR) is 287 cm³/mol. The van der Waals surface area contributed by atoms with Crippen molar-refractivity contribution >= 4 is 78.5 Å². The molecule has 0 fully saturated rings. The molecule has 2 nitrogen and oxygen atoms in total. The summed E-state index contributed by atoms with van der Waals surface area (Å²) in [6, 6.07) is 103. The van der Waals surface area contributed by atoms with E-state index in [1.54, 1.807) is 0 Å². The Labute approximate surface area is 392 Å². The zero-order valence-electron chi connectivity index (χ0n) is 37.0. The molecule has 0 aliphatic heterocycles. The number of fused-ring (bicyclic) bond motifs is 4. The molecule has 0 N–H and O–H groups in total. The summed E-state index contributed by atoms with van der Waals surface area (Å²) in [6.45, 7) is 0. The van der Waals surface area contributed by atoms with Gasteiger partial charge in [-0.05, 0) is 121 Å². The first-order valence-corrected chi connectivity index (χ1v) is 25.1. The molecule has 12 rings (SSSR count). The first kappa shape index (κ1) is 40.0. The van der Waals surface area contributed by atoms with E-state index < -0.39 is 8.07 Å². The second kappa shape index (κ2) is 17.1. The van der Waals surface area contributed by atoms with Gasteiger partial charge < -0.3 is 9.47 Å². The minimum absolute atomic E-state index is 1.09. The topological polar surface area (TPSA) is 8.17 Å². The van der Waals surface area contributed by atoms with E-state index in [-0.39, 0.29) is 0 Å². The van der Waals surface area contributed by atoms with Gasteiger partial charge in [-0.1, -0.05) is 212 Å². The molecule has 0 atom stereocenters.